The molecule has 1 heterocycles. The third-order valence-electron chi connectivity index (χ3n) is 3.94. The number of nitrogens with zero attached hydrogens (tertiary/aromatic N) is 2. The molecular weight excluding hydrogens is 424 g/mol. The molecule has 1 aromatic heterocycles. The molecule has 8 nitrogen and oxygen atoms in total. The van der Waals surface area contributed by atoms with Gasteiger partial charge in [-0.25, -0.2) is 0 Å². The molecule has 1 amide bonds. The molecule has 3 N–H and O–H groups in total. The molecule has 0 bridgehead atoms. The number of hydrogen-bond donors (Lipinski definition) is 2. The number of carbonyl (C=O) groups excluding carboxylic acids is 2. The van der Waals surface area contributed by atoms with Crippen LogP contribution in [0.5, 0.6) is 5.75 Å². The van der Waals surface area contributed by atoms with E-state index in [9.17, 15) is 9.59 Å². The molecular formula is C20H20N4O4S2. The van der Waals surface area contributed by atoms with E-state index in [1.165, 1.54) is 18.4 Å². The van der Waals surface area contributed by atoms with Gasteiger partial charge in [-0.3, -0.25) is 9.59 Å². The summed E-state index contributed by atoms with van der Waals surface area (Å²) in [6.07, 6.45) is -1.12. The van der Waals surface area contributed by atoms with E-state index in [-0.39, 0.29) is 5.75 Å². The van der Waals surface area contributed by atoms with Gasteiger partial charge in [0.05, 0.1) is 18.6 Å². The van der Waals surface area contributed by atoms with Crippen molar-refractivity contribution in [2.45, 2.75) is 17.4 Å². The van der Waals surface area contributed by atoms with E-state index in [1.54, 1.807) is 36.4 Å². The number of nitrogen functional groups attached to an aromatic ring is 1. The fourth-order valence-electron chi connectivity index (χ4n) is 2.58. The number of benzene rings is 2. The maximum atomic E-state index is 13.0. The second-order valence-electron chi connectivity index (χ2n) is 6.17. The van der Waals surface area contributed by atoms with Gasteiger partial charge in [0.15, 0.2) is 4.34 Å². The van der Waals surface area contributed by atoms with Gasteiger partial charge in [-0.2, -0.15) is 0 Å². The van der Waals surface area contributed by atoms with Gasteiger partial charge in [0.25, 0.3) is 5.91 Å². The number of rotatable bonds is 8. The molecule has 0 spiro atoms. The molecule has 0 aliphatic carbocycles. The number of aryl methyl sites for hydroxylation is 1. The first-order chi connectivity index (χ1) is 14.5. The van der Waals surface area contributed by atoms with E-state index >= 15 is 0 Å². The van der Waals surface area contributed by atoms with Gasteiger partial charge in [0.1, 0.15) is 5.75 Å². The summed E-state index contributed by atoms with van der Waals surface area (Å²) in [5.74, 6) is -0.562. The highest BCUT2D eigenvalue weighted by atomic mass is 32.2. The molecule has 2 aromatic carbocycles. The Morgan fingerprint density at radius 2 is 1.97 bits per heavy atom. The number of amides is 1. The fraction of sp³-hybridized carbons (Fsp3) is 0.200. The van der Waals surface area contributed by atoms with Crippen LogP contribution in [-0.4, -0.2) is 34.9 Å². The van der Waals surface area contributed by atoms with Gasteiger partial charge in [0, 0.05) is 5.56 Å². The second kappa shape index (κ2) is 10.1. The van der Waals surface area contributed by atoms with Crippen molar-refractivity contribution in [2.24, 2.45) is 0 Å². The largest absolute Gasteiger partial charge is 0.495 e. The van der Waals surface area contributed by atoms with Gasteiger partial charge in [-0.15, -0.1) is 10.2 Å². The Morgan fingerprint density at radius 1 is 1.20 bits per heavy atom. The average Bonchev–Trinajstić information content (AvgIpc) is 3.16. The predicted molar refractivity (Wildman–Crippen MR) is 117 cm³/mol. The summed E-state index contributed by atoms with van der Waals surface area (Å²) < 4.78 is 11.4. The van der Waals surface area contributed by atoms with E-state index in [1.807, 2.05) is 19.1 Å². The highest BCUT2D eigenvalue weighted by molar-refractivity contribution is 8.01. The zero-order chi connectivity index (χ0) is 21.5. The standard InChI is InChI=1S/C20H20N4O4S2/c1-12-8-9-15(27-2)14(10-12)22-18(26)17(13-6-4-3-5-7-13)28-16(25)11-29-20-24-23-19(21)30-20/h3-10,17H,11H2,1-2H3,(H2,21,23)(H,22,26). The van der Waals surface area contributed by atoms with Crippen LogP contribution in [0.15, 0.2) is 52.9 Å². The first-order valence-corrected chi connectivity index (χ1v) is 10.7. The van der Waals surface area contributed by atoms with Crippen LogP contribution in [0, 0.1) is 6.92 Å². The van der Waals surface area contributed by atoms with Gasteiger partial charge >= 0.3 is 5.97 Å². The number of thioether (sulfide) groups is 1. The Balaban J connectivity index is 1.74. The summed E-state index contributed by atoms with van der Waals surface area (Å²) >= 11 is 2.32. The van der Waals surface area contributed by atoms with Crippen LogP contribution in [0.25, 0.3) is 0 Å². The molecule has 0 aliphatic rings. The zero-order valence-electron chi connectivity index (χ0n) is 16.3. The second-order valence-corrected chi connectivity index (χ2v) is 8.40. The Hall–Kier alpha value is -3.11. The quantitative estimate of drug-likeness (QED) is 0.401. The van der Waals surface area contributed by atoms with Crippen LogP contribution in [0.2, 0.25) is 0 Å². The Labute approximate surface area is 181 Å². The van der Waals surface area contributed by atoms with Crippen molar-refractivity contribution in [3.05, 3.63) is 59.7 Å². The van der Waals surface area contributed by atoms with Gasteiger partial charge < -0.3 is 20.5 Å². The smallest absolute Gasteiger partial charge is 0.317 e. The molecule has 30 heavy (non-hydrogen) atoms. The highest BCUT2D eigenvalue weighted by Gasteiger charge is 2.26. The van der Waals surface area contributed by atoms with E-state index in [4.69, 9.17) is 15.2 Å². The predicted octanol–water partition coefficient (Wildman–Crippen LogP) is 3.45. The summed E-state index contributed by atoms with van der Waals surface area (Å²) in [7, 11) is 1.52. The number of aromatic nitrogens is 2. The van der Waals surface area contributed by atoms with E-state index in [0.29, 0.717) is 26.5 Å². The normalized spacial score (nSPS) is 11.5. The van der Waals surface area contributed by atoms with E-state index in [0.717, 1.165) is 17.3 Å². The number of methoxy groups -OCH3 is 1. The minimum absolute atomic E-state index is 0.0288. The summed E-state index contributed by atoms with van der Waals surface area (Å²) in [5, 5.41) is 10.7. The van der Waals surface area contributed by atoms with Crippen LogP contribution < -0.4 is 15.8 Å². The lowest BCUT2D eigenvalue weighted by Gasteiger charge is -2.19. The lowest BCUT2D eigenvalue weighted by atomic mass is 10.1. The SMILES string of the molecule is COc1ccc(C)cc1NC(=O)C(OC(=O)CSc1nnc(N)s1)c1ccccc1. The molecule has 0 fully saturated rings. The maximum absolute atomic E-state index is 13.0. The van der Waals surface area contributed by atoms with E-state index in [2.05, 4.69) is 15.5 Å². The number of nitrogens with two attached hydrogens (primary N) is 1. The van der Waals surface area contributed by atoms with Crippen molar-refractivity contribution < 1.29 is 19.1 Å². The maximum Gasteiger partial charge on any atom is 0.317 e. The zero-order valence-corrected chi connectivity index (χ0v) is 18.0. The van der Waals surface area contributed by atoms with Crippen LogP contribution in [0.1, 0.15) is 17.2 Å². The van der Waals surface area contributed by atoms with Gasteiger partial charge in [-0.1, -0.05) is 59.5 Å². The molecule has 1 atom stereocenters. The molecule has 0 aliphatic heterocycles. The van der Waals surface area contributed by atoms with Crippen LogP contribution in [0.4, 0.5) is 10.8 Å². The summed E-state index contributed by atoms with van der Waals surface area (Å²) in [6.45, 7) is 1.90. The van der Waals surface area contributed by atoms with Gasteiger partial charge in [-0.05, 0) is 24.6 Å². The summed E-state index contributed by atoms with van der Waals surface area (Å²) in [6, 6.07) is 14.2. The lowest BCUT2D eigenvalue weighted by molar-refractivity contribution is -0.152. The fourth-order valence-corrected chi connectivity index (χ4v) is 4.00. The van der Waals surface area contributed by atoms with E-state index < -0.39 is 18.0 Å². The molecule has 3 aromatic rings. The van der Waals surface area contributed by atoms with Crippen molar-refractivity contribution in [2.75, 3.05) is 23.9 Å². The van der Waals surface area contributed by atoms with Crippen LogP contribution >= 0.6 is 23.1 Å². The minimum Gasteiger partial charge on any atom is -0.495 e. The third kappa shape index (κ3) is 5.71. The molecule has 0 saturated carbocycles. The Bertz CT molecular complexity index is 1030. The Morgan fingerprint density at radius 3 is 2.63 bits per heavy atom. The third-order valence-corrected chi connectivity index (χ3v) is 5.80. The van der Waals surface area contributed by atoms with Crippen molar-refractivity contribution in [1.82, 2.24) is 10.2 Å². The monoisotopic (exact) mass is 444 g/mol. The van der Waals surface area contributed by atoms with Crippen LogP contribution in [-0.2, 0) is 14.3 Å². The summed E-state index contributed by atoms with van der Waals surface area (Å²) in [4.78, 5) is 25.4. The number of esters is 1. The Kier molecular flexibility index (Phi) is 7.26. The number of nitrogens with one attached hydrogen (secondary N) is 1. The number of hydrogen-bond acceptors (Lipinski definition) is 9. The van der Waals surface area contributed by atoms with Crippen molar-refractivity contribution in [1.29, 1.82) is 0 Å². The topological polar surface area (TPSA) is 116 Å². The number of ether oxygens (including phenoxy) is 2. The van der Waals surface area contributed by atoms with Crippen molar-refractivity contribution >= 4 is 45.8 Å². The first-order valence-electron chi connectivity index (χ1n) is 8.88. The van der Waals surface area contributed by atoms with Crippen molar-refractivity contribution in [3.63, 3.8) is 0 Å². The molecule has 0 saturated heterocycles. The summed E-state index contributed by atoms with van der Waals surface area (Å²) in [5.41, 5.74) is 7.55. The van der Waals surface area contributed by atoms with Crippen molar-refractivity contribution in [3.8, 4) is 5.75 Å². The first kappa shape index (κ1) is 21.6. The molecule has 3 rings (SSSR count). The number of carbonyl (C=O) groups is 2. The van der Waals surface area contributed by atoms with Gasteiger partial charge in [0.2, 0.25) is 11.2 Å². The molecule has 0 radical (unpaired) electrons. The lowest BCUT2D eigenvalue weighted by Crippen LogP contribution is -2.26. The average molecular weight is 445 g/mol. The minimum atomic E-state index is -1.12. The van der Waals surface area contributed by atoms with Crippen LogP contribution in [0.3, 0.4) is 0 Å². The molecule has 1 unspecified atom stereocenters. The number of anilines is 2. The molecule has 156 valence electrons. The molecule has 10 heteroatoms. The highest BCUT2D eigenvalue weighted by Crippen LogP contribution is 2.28.